The number of carbonyl (C=O) groups is 2. The zero-order chi connectivity index (χ0) is 12.4. The zero-order valence-corrected chi connectivity index (χ0v) is 11.5. The van der Waals surface area contributed by atoms with Gasteiger partial charge in [0.1, 0.15) is 0 Å². The molecule has 1 N–H and O–H groups in total. The summed E-state index contributed by atoms with van der Waals surface area (Å²) in [6.45, 7) is 0. The van der Waals surface area contributed by atoms with Crippen LogP contribution in [0.25, 0.3) is 0 Å². The molecule has 2 bridgehead atoms. The van der Waals surface area contributed by atoms with Gasteiger partial charge >= 0.3 is 11.9 Å². The first-order chi connectivity index (χ1) is 8.13. The normalized spacial score (nSPS) is 34.1. The number of nitrogens with one attached hydrogen (secondary N) is 1. The standard InChI is InChI=1S/C12H19NO4.ClH/c1-16-11(14)7-3-9-5-8(12(15)17-2)6-10(4-7)13-9;/h7-10,13H,3-6H2,1-2H3;1H. The molecule has 104 valence electrons. The highest BCUT2D eigenvalue weighted by Gasteiger charge is 2.40. The maximum Gasteiger partial charge on any atom is 0.308 e. The first-order valence-corrected chi connectivity index (χ1v) is 6.05. The van der Waals surface area contributed by atoms with Gasteiger partial charge in [0.15, 0.2) is 0 Å². The van der Waals surface area contributed by atoms with Gasteiger partial charge in [-0.1, -0.05) is 0 Å². The molecule has 5 nitrogen and oxygen atoms in total. The molecule has 0 atom stereocenters. The number of fused-ring (bicyclic) bond motifs is 2. The molecular formula is C12H20ClNO4. The second kappa shape index (κ2) is 6.38. The third-order valence-corrected chi connectivity index (χ3v) is 3.82. The first-order valence-electron chi connectivity index (χ1n) is 6.05. The summed E-state index contributed by atoms with van der Waals surface area (Å²) in [5.74, 6) is -0.291. The van der Waals surface area contributed by atoms with Crippen molar-refractivity contribution in [3.8, 4) is 0 Å². The second-order valence-corrected chi connectivity index (χ2v) is 4.94. The van der Waals surface area contributed by atoms with E-state index in [1.165, 1.54) is 14.2 Å². The summed E-state index contributed by atoms with van der Waals surface area (Å²) >= 11 is 0. The van der Waals surface area contributed by atoms with Gasteiger partial charge in [-0.2, -0.15) is 0 Å². The van der Waals surface area contributed by atoms with E-state index in [0.717, 1.165) is 25.7 Å². The monoisotopic (exact) mass is 277 g/mol. The van der Waals surface area contributed by atoms with E-state index in [-0.39, 0.29) is 48.3 Å². The third kappa shape index (κ3) is 3.14. The van der Waals surface area contributed by atoms with Crippen LogP contribution >= 0.6 is 12.4 Å². The molecule has 0 spiro atoms. The maximum atomic E-state index is 11.5. The van der Waals surface area contributed by atoms with Crippen molar-refractivity contribution in [2.24, 2.45) is 11.8 Å². The summed E-state index contributed by atoms with van der Waals surface area (Å²) < 4.78 is 9.58. The smallest absolute Gasteiger partial charge is 0.308 e. The van der Waals surface area contributed by atoms with Gasteiger partial charge in [-0.25, -0.2) is 0 Å². The lowest BCUT2D eigenvalue weighted by molar-refractivity contribution is -0.150. The Bertz CT molecular complexity index is 281. The molecule has 0 unspecified atom stereocenters. The number of carbonyl (C=O) groups excluding carboxylic acids is 2. The number of hydrogen-bond acceptors (Lipinski definition) is 5. The Morgan fingerprint density at radius 3 is 1.50 bits per heavy atom. The molecule has 0 amide bonds. The van der Waals surface area contributed by atoms with Gasteiger partial charge in [-0.15, -0.1) is 12.4 Å². The summed E-state index contributed by atoms with van der Waals surface area (Å²) in [5.41, 5.74) is 0. The SMILES string of the molecule is COC(=O)C1CC2CC(C(=O)OC)CC(C1)N2.Cl. The molecule has 0 aliphatic carbocycles. The first kappa shape index (κ1) is 15.2. The van der Waals surface area contributed by atoms with Crippen LogP contribution in [0.3, 0.4) is 0 Å². The van der Waals surface area contributed by atoms with Crippen molar-refractivity contribution in [1.82, 2.24) is 5.32 Å². The van der Waals surface area contributed by atoms with Crippen LogP contribution in [0.2, 0.25) is 0 Å². The van der Waals surface area contributed by atoms with E-state index in [1.54, 1.807) is 0 Å². The number of hydrogen-bond donors (Lipinski definition) is 1. The van der Waals surface area contributed by atoms with Crippen LogP contribution in [-0.4, -0.2) is 38.2 Å². The molecular weight excluding hydrogens is 258 g/mol. The van der Waals surface area contributed by atoms with Crippen molar-refractivity contribution >= 4 is 24.3 Å². The van der Waals surface area contributed by atoms with E-state index < -0.39 is 0 Å². The van der Waals surface area contributed by atoms with Gasteiger partial charge < -0.3 is 14.8 Å². The van der Waals surface area contributed by atoms with Gasteiger partial charge in [0.25, 0.3) is 0 Å². The molecule has 0 radical (unpaired) electrons. The minimum atomic E-state index is -0.127. The maximum absolute atomic E-state index is 11.5. The van der Waals surface area contributed by atoms with Gasteiger partial charge in [-0.3, -0.25) is 9.59 Å². The summed E-state index contributed by atoms with van der Waals surface area (Å²) in [5, 5.41) is 3.46. The summed E-state index contributed by atoms with van der Waals surface area (Å²) in [6, 6.07) is 0.464. The largest absolute Gasteiger partial charge is 0.469 e. The molecule has 0 aromatic rings. The van der Waals surface area contributed by atoms with Crippen molar-refractivity contribution < 1.29 is 19.1 Å². The molecule has 2 saturated heterocycles. The van der Waals surface area contributed by atoms with Crippen LogP contribution < -0.4 is 5.32 Å². The minimum absolute atomic E-state index is 0. The van der Waals surface area contributed by atoms with E-state index in [4.69, 9.17) is 9.47 Å². The van der Waals surface area contributed by atoms with Crippen LogP contribution in [-0.2, 0) is 19.1 Å². The second-order valence-electron chi connectivity index (χ2n) is 4.94. The number of esters is 2. The Kier molecular flexibility index (Phi) is 5.41. The van der Waals surface area contributed by atoms with Crippen molar-refractivity contribution in [3.63, 3.8) is 0 Å². The fourth-order valence-electron chi connectivity index (χ4n) is 3.08. The fraction of sp³-hybridized carbons (Fsp3) is 0.833. The summed E-state index contributed by atoms with van der Waals surface area (Å²) in [4.78, 5) is 23.1. The Balaban J connectivity index is 0.00000162. The molecule has 18 heavy (non-hydrogen) atoms. The van der Waals surface area contributed by atoms with Crippen LogP contribution in [0, 0.1) is 11.8 Å². The number of ether oxygens (including phenoxy) is 2. The predicted octanol–water partition coefficient (Wildman–Crippen LogP) is 0.901. The molecule has 6 heteroatoms. The lowest BCUT2D eigenvalue weighted by Gasteiger charge is -2.41. The molecule has 0 aromatic carbocycles. The van der Waals surface area contributed by atoms with E-state index >= 15 is 0 Å². The van der Waals surface area contributed by atoms with Gasteiger partial charge in [-0.05, 0) is 25.7 Å². The third-order valence-electron chi connectivity index (χ3n) is 3.82. The average molecular weight is 278 g/mol. The number of rotatable bonds is 2. The van der Waals surface area contributed by atoms with E-state index in [0.29, 0.717) is 0 Å². The fourth-order valence-corrected chi connectivity index (χ4v) is 3.08. The molecule has 0 saturated carbocycles. The zero-order valence-electron chi connectivity index (χ0n) is 10.7. The predicted molar refractivity (Wildman–Crippen MR) is 67.4 cm³/mol. The molecule has 2 fully saturated rings. The van der Waals surface area contributed by atoms with E-state index in [9.17, 15) is 9.59 Å². The van der Waals surface area contributed by atoms with Gasteiger partial charge in [0.2, 0.25) is 0 Å². The van der Waals surface area contributed by atoms with Crippen molar-refractivity contribution in [2.75, 3.05) is 14.2 Å². The minimum Gasteiger partial charge on any atom is -0.469 e. The average Bonchev–Trinajstić information content (AvgIpc) is 2.35. The lowest BCUT2D eigenvalue weighted by atomic mass is 9.76. The molecule has 2 aliphatic heterocycles. The number of piperidine rings is 2. The van der Waals surface area contributed by atoms with Gasteiger partial charge in [0, 0.05) is 12.1 Å². The molecule has 2 heterocycles. The molecule has 2 aliphatic rings. The van der Waals surface area contributed by atoms with Crippen LogP contribution in [0.4, 0.5) is 0 Å². The number of halogens is 1. The Hall–Kier alpha value is -0.810. The lowest BCUT2D eigenvalue weighted by Crippen LogP contribution is -2.53. The van der Waals surface area contributed by atoms with Crippen molar-refractivity contribution in [2.45, 2.75) is 37.8 Å². The summed E-state index contributed by atoms with van der Waals surface area (Å²) in [7, 11) is 2.86. The van der Waals surface area contributed by atoms with E-state index in [1.807, 2.05) is 0 Å². The Morgan fingerprint density at radius 1 is 0.889 bits per heavy atom. The van der Waals surface area contributed by atoms with Crippen molar-refractivity contribution in [1.29, 1.82) is 0 Å². The molecule has 0 aromatic heterocycles. The van der Waals surface area contributed by atoms with Gasteiger partial charge in [0.05, 0.1) is 26.1 Å². The quantitative estimate of drug-likeness (QED) is 0.760. The highest BCUT2D eigenvalue weighted by molar-refractivity contribution is 5.85. The highest BCUT2D eigenvalue weighted by atomic mass is 35.5. The van der Waals surface area contributed by atoms with Crippen LogP contribution in [0.15, 0.2) is 0 Å². The van der Waals surface area contributed by atoms with Crippen molar-refractivity contribution in [3.05, 3.63) is 0 Å². The number of methoxy groups -OCH3 is 2. The Labute approximate surface area is 113 Å². The van der Waals surface area contributed by atoms with Crippen LogP contribution in [0.5, 0.6) is 0 Å². The van der Waals surface area contributed by atoms with Crippen LogP contribution in [0.1, 0.15) is 25.7 Å². The summed E-state index contributed by atoms with van der Waals surface area (Å²) in [6.07, 6.45) is 3.04. The molecule has 2 rings (SSSR count). The van der Waals surface area contributed by atoms with E-state index in [2.05, 4.69) is 5.32 Å². The topological polar surface area (TPSA) is 64.6 Å². The Morgan fingerprint density at radius 2 is 1.22 bits per heavy atom. The highest BCUT2D eigenvalue weighted by Crippen LogP contribution is 2.33.